The Balaban J connectivity index is 1.31. The zero-order valence-electron chi connectivity index (χ0n) is 16.9. The van der Waals surface area contributed by atoms with Crippen LogP contribution < -0.4 is 11.1 Å². The van der Waals surface area contributed by atoms with Crippen LogP contribution in [0.2, 0.25) is 0 Å². The number of rotatable bonds is 8. The molecule has 7 nitrogen and oxygen atoms in total. The minimum absolute atomic E-state index is 0.107. The molecule has 0 saturated carbocycles. The highest BCUT2D eigenvalue weighted by molar-refractivity contribution is 7.14. The Labute approximate surface area is 192 Å². The van der Waals surface area contributed by atoms with E-state index in [9.17, 15) is 14.4 Å². The average molecular weight is 467 g/mol. The molecule has 162 valence electrons. The highest BCUT2D eigenvalue weighted by atomic mass is 32.1. The second kappa shape index (κ2) is 9.72. The zero-order valence-corrected chi connectivity index (χ0v) is 18.5. The van der Waals surface area contributed by atoms with E-state index < -0.39 is 0 Å². The molecule has 0 saturated heterocycles. The zero-order chi connectivity index (χ0) is 22.5. The first-order valence-electron chi connectivity index (χ1n) is 9.82. The number of nitrogens with two attached hydrogens (primary N) is 1. The van der Waals surface area contributed by atoms with Crippen LogP contribution in [0.3, 0.4) is 0 Å². The summed E-state index contributed by atoms with van der Waals surface area (Å²) in [6.07, 6.45) is 1.29. The molecule has 3 N–H and O–H groups in total. The summed E-state index contributed by atoms with van der Waals surface area (Å²) in [7, 11) is 0. The van der Waals surface area contributed by atoms with Crippen LogP contribution in [-0.2, 0) is 17.6 Å². The first-order chi connectivity index (χ1) is 15.5. The molecular weight excluding hydrogens is 447 g/mol. The second-order valence-electron chi connectivity index (χ2n) is 6.99. The van der Waals surface area contributed by atoms with Crippen molar-refractivity contribution in [2.45, 2.75) is 19.3 Å². The minimum Gasteiger partial charge on any atom is -0.382 e. The number of nitrogens with zero attached hydrogens (tertiary/aromatic N) is 4. The first kappa shape index (κ1) is 21.7. The minimum atomic E-state index is -0.365. The molecule has 32 heavy (non-hydrogen) atoms. The van der Waals surface area contributed by atoms with E-state index in [2.05, 4.69) is 21.5 Å². The fourth-order valence-electron chi connectivity index (χ4n) is 3.17. The standard InChI is InChI=1S/C22H19FN6OS2/c23-15-3-5-17(6-4-15)29-21(25)18(11-24)19(28-29)2-1-8-26-20(30)10-16-13-32-22(27-16)14-7-9-31-12-14/h3-7,9,12-13H,1-2,8,10,25H2,(H,26,30). The molecular formula is C22H19FN6OS2. The number of hydrogen-bond acceptors (Lipinski definition) is 7. The van der Waals surface area contributed by atoms with Gasteiger partial charge < -0.3 is 11.1 Å². The number of carbonyl (C=O) groups excluding carboxylic acids is 1. The molecule has 3 heterocycles. The van der Waals surface area contributed by atoms with Crippen molar-refractivity contribution < 1.29 is 9.18 Å². The number of nitrogens with one attached hydrogen (secondary N) is 1. The average Bonchev–Trinajstić information content (AvgIpc) is 3.52. The van der Waals surface area contributed by atoms with E-state index in [4.69, 9.17) is 5.73 Å². The van der Waals surface area contributed by atoms with Gasteiger partial charge in [-0.1, -0.05) is 0 Å². The van der Waals surface area contributed by atoms with Crippen molar-refractivity contribution in [1.82, 2.24) is 20.1 Å². The third-order valence-electron chi connectivity index (χ3n) is 4.75. The van der Waals surface area contributed by atoms with Gasteiger partial charge in [0.05, 0.1) is 23.5 Å². The van der Waals surface area contributed by atoms with Crippen LogP contribution in [0.5, 0.6) is 0 Å². The van der Waals surface area contributed by atoms with Gasteiger partial charge in [-0.3, -0.25) is 4.79 Å². The van der Waals surface area contributed by atoms with E-state index in [1.807, 2.05) is 22.2 Å². The van der Waals surface area contributed by atoms with Crippen molar-refractivity contribution in [3.8, 4) is 22.3 Å². The monoisotopic (exact) mass is 466 g/mol. The van der Waals surface area contributed by atoms with Gasteiger partial charge in [0.1, 0.15) is 28.3 Å². The maximum atomic E-state index is 13.2. The molecule has 10 heteroatoms. The number of thiophene rings is 1. The van der Waals surface area contributed by atoms with Gasteiger partial charge in [0.2, 0.25) is 5.91 Å². The lowest BCUT2D eigenvalue weighted by Crippen LogP contribution is -2.26. The van der Waals surface area contributed by atoms with Crippen LogP contribution in [0, 0.1) is 17.1 Å². The third kappa shape index (κ3) is 4.85. The number of nitriles is 1. The maximum Gasteiger partial charge on any atom is 0.226 e. The maximum absolute atomic E-state index is 13.2. The van der Waals surface area contributed by atoms with Gasteiger partial charge in [-0.05, 0) is 48.6 Å². The van der Waals surface area contributed by atoms with Crippen LogP contribution in [-0.4, -0.2) is 27.2 Å². The fourth-order valence-corrected chi connectivity index (χ4v) is 4.70. The largest absolute Gasteiger partial charge is 0.382 e. The number of nitrogen functional groups attached to an aromatic ring is 1. The molecule has 0 spiro atoms. The van der Waals surface area contributed by atoms with Gasteiger partial charge >= 0.3 is 0 Å². The van der Waals surface area contributed by atoms with Crippen molar-refractivity contribution in [2.24, 2.45) is 0 Å². The number of benzene rings is 1. The predicted octanol–water partition coefficient (Wildman–Crippen LogP) is 3.94. The van der Waals surface area contributed by atoms with E-state index in [0.29, 0.717) is 36.3 Å². The Morgan fingerprint density at radius 1 is 1.25 bits per heavy atom. The summed E-state index contributed by atoms with van der Waals surface area (Å²) in [6.45, 7) is 0.439. The van der Waals surface area contributed by atoms with Crippen LogP contribution in [0.25, 0.3) is 16.3 Å². The topological polar surface area (TPSA) is 110 Å². The quantitative estimate of drug-likeness (QED) is 0.382. The van der Waals surface area contributed by atoms with E-state index in [-0.39, 0.29) is 24.0 Å². The summed E-state index contributed by atoms with van der Waals surface area (Å²) >= 11 is 3.13. The van der Waals surface area contributed by atoms with Crippen LogP contribution in [0.4, 0.5) is 10.2 Å². The predicted molar refractivity (Wildman–Crippen MR) is 123 cm³/mol. The van der Waals surface area contributed by atoms with E-state index >= 15 is 0 Å². The lowest BCUT2D eigenvalue weighted by atomic mass is 10.1. The molecule has 0 aliphatic heterocycles. The SMILES string of the molecule is N#Cc1c(CCCNC(=O)Cc2csc(-c3ccsc3)n2)nn(-c2ccc(F)cc2)c1N. The first-order valence-corrected chi connectivity index (χ1v) is 11.6. The van der Waals surface area contributed by atoms with Crippen LogP contribution in [0.1, 0.15) is 23.4 Å². The number of hydrogen-bond donors (Lipinski definition) is 2. The molecule has 0 unspecified atom stereocenters. The van der Waals surface area contributed by atoms with E-state index in [0.717, 1.165) is 16.3 Å². The second-order valence-corrected chi connectivity index (χ2v) is 8.63. The molecule has 4 rings (SSSR count). The molecule has 0 radical (unpaired) electrons. The lowest BCUT2D eigenvalue weighted by molar-refractivity contribution is -0.120. The number of aromatic nitrogens is 3. The molecule has 3 aromatic heterocycles. The van der Waals surface area contributed by atoms with Crippen molar-refractivity contribution in [3.05, 3.63) is 69.2 Å². The Kier molecular flexibility index (Phi) is 6.58. The van der Waals surface area contributed by atoms with Crippen molar-refractivity contribution in [1.29, 1.82) is 5.26 Å². The van der Waals surface area contributed by atoms with Gasteiger partial charge in [-0.2, -0.15) is 21.7 Å². The Hall–Kier alpha value is -3.55. The van der Waals surface area contributed by atoms with Gasteiger partial charge in [0, 0.05) is 22.9 Å². The number of thiazole rings is 1. The summed E-state index contributed by atoms with van der Waals surface area (Å²) in [5.41, 5.74) is 9.29. The van der Waals surface area contributed by atoms with E-state index in [1.54, 1.807) is 23.5 Å². The highest BCUT2D eigenvalue weighted by Crippen LogP contribution is 2.26. The Morgan fingerprint density at radius 2 is 2.06 bits per heavy atom. The number of carbonyl (C=O) groups is 1. The smallest absolute Gasteiger partial charge is 0.226 e. The van der Waals surface area contributed by atoms with Crippen LogP contribution in [0.15, 0.2) is 46.5 Å². The molecule has 0 bridgehead atoms. The van der Waals surface area contributed by atoms with Gasteiger partial charge in [0.25, 0.3) is 0 Å². The van der Waals surface area contributed by atoms with Gasteiger partial charge in [-0.25, -0.2) is 14.1 Å². The molecule has 0 fully saturated rings. The normalized spacial score (nSPS) is 10.8. The molecule has 4 aromatic rings. The summed E-state index contributed by atoms with van der Waals surface area (Å²) < 4.78 is 14.6. The molecule has 1 amide bonds. The summed E-state index contributed by atoms with van der Waals surface area (Å²) in [5.74, 6) is -0.261. The molecule has 0 aliphatic rings. The van der Waals surface area contributed by atoms with Crippen molar-refractivity contribution >= 4 is 34.4 Å². The molecule has 0 aliphatic carbocycles. The van der Waals surface area contributed by atoms with Crippen molar-refractivity contribution in [2.75, 3.05) is 12.3 Å². The highest BCUT2D eigenvalue weighted by Gasteiger charge is 2.16. The Morgan fingerprint density at radius 3 is 2.78 bits per heavy atom. The third-order valence-corrected chi connectivity index (χ3v) is 6.37. The number of halogens is 1. The van der Waals surface area contributed by atoms with E-state index in [1.165, 1.54) is 28.2 Å². The Bertz CT molecular complexity index is 1250. The van der Waals surface area contributed by atoms with Crippen molar-refractivity contribution in [3.63, 3.8) is 0 Å². The summed E-state index contributed by atoms with van der Waals surface area (Å²) in [5, 5.41) is 23.6. The fraction of sp³-hybridized carbons (Fsp3) is 0.182. The number of amides is 1. The summed E-state index contributed by atoms with van der Waals surface area (Å²) in [6, 6.07) is 9.81. The van der Waals surface area contributed by atoms with Gasteiger partial charge in [0.15, 0.2) is 0 Å². The van der Waals surface area contributed by atoms with Crippen LogP contribution >= 0.6 is 22.7 Å². The molecule has 1 aromatic carbocycles. The van der Waals surface area contributed by atoms with Gasteiger partial charge in [-0.15, -0.1) is 11.3 Å². The number of aryl methyl sites for hydroxylation is 1. The molecule has 0 atom stereocenters. The summed E-state index contributed by atoms with van der Waals surface area (Å²) in [4.78, 5) is 16.8. The number of anilines is 1. The lowest BCUT2D eigenvalue weighted by Gasteiger charge is -2.04.